The van der Waals surface area contributed by atoms with E-state index in [0.29, 0.717) is 6.42 Å². The van der Waals surface area contributed by atoms with Gasteiger partial charge < -0.3 is 9.72 Å². The highest BCUT2D eigenvalue weighted by Gasteiger charge is 2.16. The number of nitrogens with one attached hydrogen (secondary N) is 1. The third-order valence-corrected chi connectivity index (χ3v) is 2.59. The van der Waals surface area contributed by atoms with Crippen LogP contribution in [0.5, 0.6) is 0 Å². The standard InChI is InChI=1S/C15H19NO2/c1-10-7-12-8-11(5-6-13(12)16-10)9-14(17)18-15(2,3)4/h5-8,16H,9H2,1-4H3. The molecule has 0 atom stereocenters. The summed E-state index contributed by atoms with van der Waals surface area (Å²) in [7, 11) is 0. The third-order valence-electron chi connectivity index (χ3n) is 2.59. The molecular weight excluding hydrogens is 226 g/mol. The Kier molecular flexibility index (Phi) is 3.16. The average Bonchev–Trinajstić information content (AvgIpc) is 2.53. The van der Waals surface area contributed by atoms with Crippen LogP contribution >= 0.6 is 0 Å². The lowest BCUT2D eigenvalue weighted by molar-refractivity contribution is -0.153. The van der Waals surface area contributed by atoms with Gasteiger partial charge in [-0.3, -0.25) is 4.79 Å². The molecule has 18 heavy (non-hydrogen) atoms. The van der Waals surface area contributed by atoms with Gasteiger partial charge in [0.25, 0.3) is 0 Å². The van der Waals surface area contributed by atoms with Crippen LogP contribution in [-0.2, 0) is 16.0 Å². The Hall–Kier alpha value is -1.77. The summed E-state index contributed by atoms with van der Waals surface area (Å²) in [6.45, 7) is 7.66. The predicted molar refractivity (Wildman–Crippen MR) is 72.6 cm³/mol. The van der Waals surface area contributed by atoms with E-state index in [1.165, 1.54) is 0 Å². The van der Waals surface area contributed by atoms with Gasteiger partial charge >= 0.3 is 5.97 Å². The van der Waals surface area contributed by atoms with Crippen LogP contribution in [0.1, 0.15) is 32.0 Å². The van der Waals surface area contributed by atoms with Crippen molar-refractivity contribution in [3.05, 3.63) is 35.5 Å². The van der Waals surface area contributed by atoms with Crippen molar-refractivity contribution < 1.29 is 9.53 Å². The summed E-state index contributed by atoms with van der Waals surface area (Å²) in [5.41, 5.74) is 2.78. The average molecular weight is 245 g/mol. The summed E-state index contributed by atoms with van der Waals surface area (Å²) < 4.78 is 5.31. The molecule has 96 valence electrons. The Morgan fingerprint density at radius 1 is 1.28 bits per heavy atom. The number of aryl methyl sites for hydroxylation is 1. The summed E-state index contributed by atoms with van der Waals surface area (Å²) in [6.07, 6.45) is 0.317. The third kappa shape index (κ3) is 3.13. The quantitative estimate of drug-likeness (QED) is 0.824. The highest BCUT2D eigenvalue weighted by Crippen LogP contribution is 2.18. The molecule has 0 fully saturated rings. The van der Waals surface area contributed by atoms with Gasteiger partial charge in [0.1, 0.15) is 5.60 Å². The zero-order valence-corrected chi connectivity index (χ0v) is 11.3. The monoisotopic (exact) mass is 245 g/mol. The van der Waals surface area contributed by atoms with Crippen molar-refractivity contribution in [2.24, 2.45) is 0 Å². The zero-order chi connectivity index (χ0) is 13.3. The highest BCUT2D eigenvalue weighted by molar-refractivity contribution is 5.82. The van der Waals surface area contributed by atoms with Crippen molar-refractivity contribution in [2.75, 3.05) is 0 Å². The molecule has 0 aliphatic heterocycles. The van der Waals surface area contributed by atoms with E-state index in [4.69, 9.17) is 4.74 Å². The number of carbonyl (C=O) groups is 1. The molecule has 0 aliphatic carbocycles. The molecule has 0 amide bonds. The van der Waals surface area contributed by atoms with E-state index in [1.807, 2.05) is 45.9 Å². The van der Waals surface area contributed by atoms with Gasteiger partial charge in [0.15, 0.2) is 0 Å². The van der Waals surface area contributed by atoms with Crippen LogP contribution in [0.2, 0.25) is 0 Å². The summed E-state index contributed by atoms with van der Waals surface area (Å²) in [5, 5.41) is 1.13. The fraction of sp³-hybridized carbons (Fsp3) is 0.400. The van der Waals surface area contributed by atoms with E-state index in [1.54, 1.807) is 0 Å². The first-order valence-electron chi connectivity index (χ1n) is 6.13. The molecular formula is C15H19NO2. The number of aromatic nitrogens is 1. The summed E-state index contributed by atoms with van der Waals surface area (Å²) in [6, 6.07) is 8.07. The van der Waals surface area contributed by atoms with Crippen molar-refractivity contribution >= 4 is 16.9 Å². The largest absolute Gasteiger partial charge is 0.460 e. The molecule has 0 saturated carbocycles. The second-order valence-corrected chi connectivity index (χ2v) is 5.64. The van der Waals surface area contributed by atoms with Gasteiger partial charge in [-0.2, -0.15) is 0 Å². The molecule has 2 rings (SSSR count). The maximum atomic E-state index is 11.7. The van der Waals surface area contributed by atoms with Crippen LogP contribution in [0.25, 0.3) is 10.9 Å². The Morgan fingerprint density at radius 3 is 2.67 bits per heavy atom. The van der Waals surface area contributed by atoms with Gasteiger partial charge in [0.2, 0.25) is 0 Å². The number of hydrogen-bond donors (Lipinski definition) is 1. The maximum absolute atomic E-state index is 11.7. The SMILES string of the molecule is Cc1cc2cc(CC(=O)OC(C)(C)C)ccc2[nH]1. The number of fused-ring (bicyclic) bond motifs is 1. The Bertz CT molecular complexity index is 576. The van der Waals surface area contributed by atoms with Crippen molar-refractivity contribution in [3.63, 3.8) is 0 Å². The summed E-state index contributed by atoms with van der Waals surface area (Å²) in [5.74, 6) is -0.186. The molecule has 1 aromatic heterocycles. The molecule has 0 unspecified atom stereocenters. The fourth-order valence-corrected chi connectivity index (χ4v) is 1.98. The van der Waals surface area contributed by atoms with E-state index in [2.05, 4.69) is 11.1 Å². The first kappa shape index (κ1) is 12.7. The minimum absolute atomic E-state index is 0.186. The lowest BCUT2D eigenvalue weighted by Crippen LogP contribution is -2.24. The number of ether oxygens (including phenoxy) is 1. The van der Waals surface area contributed by atoms with Crippen molar-refractivity contribution in [3.8, 4) is 0 Å². The van der Waals surface area contributed by atoms with E-state index in [0.717, 1.165) is 22.2 Å². The van der Waals surface area contributed by atoms with E-state index < -0.39 is 5.60 Å². The van der Waals surface area contributed by atoms with Crippen molar-refractivity contribution in [2.45, 2.75) is 39.7 Å². The molecule has 3 nitrogen and oxygen atoms in total. The number of benzene rings is 1. The van der Waals surface area contributed by atoms with E-state index in [-0.39, 0.29) is 5.97 Å². The van der Waals surface area contributed by atoms with E-state index >= 15 is 0 Å². The lowest BCUT2D eigenvalue weighted by atomic mass is 10.1. The summed E-state index contributed by atoms with van der Waals surface area (Å²) >= 11 is 0. The molecule has 1 heterocycles. The maximum Gasteiger partial charge on any atom is 0.310 e. The van der Waals surface area contributed by atoms with Gasteiger partial charge in [-0.15, -0.1) is 0 Å². The van der Waals surface area contributed by atoms with Crippen LogP contribution < -0.4 is 0 Å². The van der Waals surface area contributed by atoms with Gasteiger partial charge in [-0.05, 0) is 56.8 Å². The molecule has 3 heteroatoms. The van der Waals surface area contributed by atoms with Crippen molar-refractivity contribution in [1.29, 1.82) is 0 Å². The number of rotatable bonds is 2. The molecule has 1 aromatic carbocycles. The van der Waals surface area contributed by atoms with Gasteiger partial charge in [-0.1, -0.05) is 6.07 Å². The first-order chi connectivity index (χ1) is 8.33. The molecule has 0 radical (unpaired) electrons. The molecule has 0 spiro atoms. The smallest absolute Gasteiger partial charge is 0.310 e. The minimum atomic E-state index is -0.425. The molecule has 1 N–H and O–H groups in total. The predicted octanol–water partition coefficient (Wildman–Crippen LogP) is 3.36. The number of esters is 1. The molecule has 2 aromatic rings. The first-order valence-corrected chi connectivity index (χ1v) is 6.13. The highest BCUT2D eigenvalue weighted by atomic mass is 16.6. The van der Waals surface area contributed by atoms with Crippen LogP contribution in [0.3, 0.4) is 0 Å². The number of carbonyl (C=O) groups excluding carboxylic acids is 1. The van der Waals surface area contributed by atoms with Gasteiger partial charge in [-0.25, -0.2) is 0 Å². The lowest BCUT2D eigenvalue weighted by Gasteiger charge is -2.19. The topological polar surface area (TPSA) is 42.1 Å². The second kappa shape index (κ2) is 4.48. The van der Waals surface area contributed by atoms with E-state index in [9.17, 15) is 4.79 Å². The molecule has 0 saturated heterocycles. The van der Waals surface area contributed by atoms with Crippen LogP contribution in [0.4, 0.5) is 0 Å². The Morgan fingerprint density at radius 2 is 2.00 bits per heavy atom. The van der Waals surface area contributed by atoms with Crippen LogP contribution in [0.15, 0.2) is 24.3 Å². The van der Waals surface area contributed by atoms with Crippen LogP contribution in [0, 0.1) is 6.92 Å². The zero-order valence-electron chi connectivity index (χ0n) is 11.3. The Labute approximate surface area is 107 Å². The minimum Gasteiger partial charge on any atom is -0.460 e. The Balaban J connectivity index is 2.14. The molecule has 0 aliphatic rings. The van der Waals surface area contributed by atoms with Gasteiger partial charge in [0.05, 0.1) is 6.42 Å². The number of hydrogen-bond acceptors (Lipinski definition) is 2. The van der Waals surface area contributed by atoms with Gasteiger partial charge in [0, 0.05) is 11.2 Å². The van der Waals surface area contributed by atoms with Crippen LogP contribution in [-0.4, -0.2) is 16.6 Å². The fourth-order valence-electron chi connectivity index (χ4n) is 1.98. The number of H-pyrrole nitrogens is 1. The normalized spacial score (nSPS) is 11.8. The molecule has 0 bridgehead atoms. The second-order valence-electron chi connectivity index (χ2n) is 5.64. The number of aromatic amines is 1. The summed E-state index contributed by atoms with van der Waals surface area (Å²) in [4.78, 5) is 15.0. The van der Waals surface area contributed by atoms with Crippen molar-refractivity contribution in [1.82, 2.24) is 4.98 Å².